The summed E-state index contributed by atoms with van der Waals surface area (Å²) in [7, 11) is 0. The number of guanidine groups is 1. The first-order valence-corrected chi connectivity index (χ1v) is 9.62. The number of likely N-dealkylation sites (tertiary alicyclic amines) is 2. The zero-order valence-electron chi connectivity index (χ0n) is 14.9. The van der Waals surface area contributed by atoms with E-state index in [4.69, 9.17) is 10.7 Å². The summed E-state index contributed by atoms with van der Waals surface area (Å²) in [5.41, 5.74) is 7.66. The first-order chi connectivity index (χ1) is 11.8. The average molecular weight is 329 g/mol. The molecule has 24 heavy (non-hydrogen) atoms. The minimum absolute atomic E-state index is 0.673. The Morgan fingerprint density at radius 3 is 2.54 bits per heavy atom. The number of hydrogen-bond acceptors (Lipinski definition) is 2. The fourth-order valence-corrected chi connectivity index (χ4v) is 3.82. The molecule has 2 N–H and O–H groups in total. The SMILES string of the molecule is NC(=NCC1CCN(CCc2ccccc2)C1)N1CCCCCC1. The van der Waals surface area contributed by atoms with E-state index in [2.05, 4.69) is 40.1 Å². The predicted molar refractivity (Wildman–Crippen MR) is 101 cm³/mol. The highest BCUT2D eigenvalue weighted by molar-refractivity contribution is 5.78. The van der Waals surface area contributed by atoms with E-state index < -0.39 is 0 Å². The summed E-state index contributed by atoms with van der Waals surface area (Å²) < 4.78 is 0. The van der Waals surface area contributed by atoms with Crippen LogP contribution in [0.3, 0.4) is 0 Å². The largest absolute Gasteiger partial charge is 0.370 e. The van der Waals surface area contributed by atoms with Crippen LogP contribution in [0.15, 0.2) is 35.3 Å². The van der Waals surface area contributed by atoms with Gasteiger partial charge < -0.3 is 15.5 Å². The van der Waals surface area contributed by atoms with E-state index in [1.54, 1.807) is 0 Å². The molecule has 0 aromatic heterocycles. The van der Waals surface area contributed by atoms with E-state index in [1.165, 1.54) is 50.8 Å². The second kappa shape index (κ2) is 9.07. The molecule has 0 bridgehead atoms. The Kier molecular flexibility index (Phi) is 6.53. The Morgan fingerprint density at radius 2 is 1.79 bits per heavy atom. The lowest BCUT2D eigenvalue weighted by atomic mass is 10.1. The van der Waals surface area contributed by atoms with Crippen molar-refractivity contribution >= 4 is 5.96 Å². The van der Waals surface area contributed by atoms with Crippen LogP contribution in [0.2, 0.25) is 0 Å². The van der Waals surface area contributed by atoms with Crippen molar-refractivity contribution in [2.45, 2.75) is 38.5 Å². The summed E-state index contributed by atoms with van der Waals surface area (Å²) in [6.07, 6.45) is 7.59. The van der Waals surface area contributed by atoms with E-state index in [0.717, 1.165) is 38.6 Å². The smallest absolute Gasteiger partial charge is 0.191 e. The number of nitrogens with zero attached hydrogens (tertiary/aromatic N) is 3. The van der Waals surface area contributed by atoms with Crippen molar-refractivity contribution in [3.05, 3.63) is 35.9 Å². The van der Waals surface area contributed by atoms with Gasteiger partial charge in [0.05, 0.1) is 0 Å². The molecule has 0 aliphatic carbocycles. The molecule has 2 fully saturated rings. The van der Waals surface area contributed by atoms with Crippen molar-refractivity contribution in [3.8, 4) is 0 Å². The lowest BCUT2D eigenvalue weighted by Crippen LogP contribution is -2.38. The molecule has 3 rings (SSSR count). The van der Waals surface area contributed by atoms with Crippen LogP contribution in [-0.2, 0) is 6.42 Å². The maximum absolute atomic E-state index is 6.23. The molecule has 132 valence electrons. The van der Waals surface area contributed by atoms with Gasteiger partial charge in [-0.05, 0) is 43.7 Å². The van der Waals surface area contributed by atoms with Crippen LogP contribution in [0.5, 0.6) is 0 Å². The van der Waals surface area contributed by atoms with Gasteiger partial charge in [0, 0.05) is 32.7 Å². The third-order valence-electron chi connectivity index (χ3n) is 5.37. The molecule has 4 heteroatoms. The van der Waals surface area contributed by atoms with E-state index in [0.29, 0.717) is 5.92 Å². The molecule has 1 unspecified atom stereocenters. The molecule has 1 aromatic carbocycles. The maximum atomic E-state index is 6.23. The van der Waals surface area contributed by atoms with Gasteiger partial charge in [-0.25, -0.2) is 0 Å². The Hall–Kier alpha value is -1.55. The average Bonchev–Trinajstić information content (AvgIpc) is 2.89. The van der Waals surface area contributed by atoms with Gasteiger partial charge >= 0.3 is 0 Å². The molecule has 1 atom stereocenters. The molecule has 2 aliphatic heterocycles. The van der Waals surface area contributed by atoms with E-state index in [1.807, 2.05) is 0 Å². The summed E-state index contributed by atoms with van der Waals surface area (Å²) in [6, 6.07) is 10.8. The molecule has 0 radical (unpaired) electrons. The number of aliphatic imine (C=N–C) groups is 1. The third kappa shape index (κ3) is 5.23. The van der Waals surface area contributed by atoms with Crippen LogP contribution in [0.4, 0.5) is 0 Å². The summed E-state index contributed by atoms with van der Waals surface area (Å²) >= 11 is 0. The van der Waals surface area contributed by atoms with Crippen molar-refractivity contribution in [3.63, 3.8) is 0 Å². The van der Waals surface area contributed by atoms with Crippen LogP contribution in [-0.4, -0.2) is 55.0 Å². The summed E-state index contributed by atoms with van der Waals surface area (Å²) in [6.45, 7) is 6.60. The van der Waals surface area contributed by atoms with Crippen molar-refractivity contribution in [1.82, 2.24) is 9.80 Å². The van der Waals surface area contributed by atoms with E-state index >= 15 is 0 Å². The Morgan fingerprint density at radius 1 is 1.04 bits per heavy atom. The van der Waals surface area contributed by atoms with Gasteiger partial charge in [0.2, 0.25) is 0 Å². The predicted octanol–water partition coefficient (Wildman–Crippen LogP) is 2.74. The van der Waals surface area contributed by atoms with Gasteiger partial charge in [-0.2, -0.15) is 0 Å². The first-order valence-electron chi connectivity index (χ1n) is 9.62. The Labute approximate surface area is 146 Å². The van der Waals surface area contributed by atoms with Gasteiger partial charge in [-0.15, -0.1) is 0 Å². The topological polar surface area (TPSA) is 44.9 Å². The zero-order chi connectivity index (χ0) is 16.6. The number of rotatable bonds is 5. The Balaban J connectivity index is 1.40. The van der Waals surface area contributed by atoms with E-state index in [-0.39, 0.29) is 0 Å². The molecule has 2 aliphatic rings. The molecule has 0 spiro atoms. The lowest BCUT2D eigenvalue weighted by molar-refractivity contribution is 0.329. The maximum Gasteiger partial charge on any atom is 0.191 e. The van der Waals surface area contributed by atoms with Gasteiger partial charge in [-0.3, -0.25) is 4.99 Å². The fourth-order valence-electron chi connectivity index (χ4n) is 3.82. The first kappa shape index (κ1) is 17.3. The van der Waals surface area contributed by atoms with Crippen LogP contribution < -0.4 is 5.73 Å². The Bertz CT molecular complexity index is 506. The standard InChI is InChI=1S/C20H32N4/c21-20(24-12-6-1-2-7-13-24)22-16-19-11-15-23(17-19)14-10-18-8-4-3-5-9-18/h3-5,8-9,19H,1-2,6-7,10-17H2,(H2,21,22). The van der Waals surface area contributed by atoms with Gasteiger partial charge in [0.25, 0.3) is 0 Å². The second-order valence-electron chi connectivity index (χ2n) is 7.29. The fraction of sp³-hybridized carbons (Fsp3) is 0.650. The minimum atomic E-state index is 0.673. The van der Waals surface area contributed by atoms with Crippen LogP contribution in [0.25, 0.3) is 0 Å². The highest BCUT2D eigenvalue weighted by Crippen LogP contribution is 2.17. The van der Waals surface area contributed by atoms with Crippen molar-refractivity contribution in [2.24, 2.45) is 16.6 Å². The highest BCUT2D eigenvalue weighted by atomic mass is 15.3. The van der Waals surface area contributed by atoms with Crippen molar-refractivity contribution in [2.75, 3.05) is 39.3 Å². The van der Waals surface area contributed by atoms with Crippen LogP contribution in [0, 0.1) is 5.92 Å². The van der Waals surface area contributed by atoms with Crippen molar-refractivity contribution in [1.29, 1.82) is 0 Å². The monoisotopic (exact) mass is 328 g/mol. The molecule has 0 saturated carbocycles. The number of benzene rings is 1. The quantitative estimate of drug-likeness (QED) is 0.668. The minimum Gasteiger partial charge on any atom is -0.370 e. The van der Waals surface area contributed by atoms with Crippen LogP contribution in [0.1, 0.15) is 37.7 Å². The number of hydrogen-bond donors (Lipinski definition) is 1. The molecule has 2 heterocycles. The molecule has 1 aromatic rings. The summed E-state index contributed by atoms with van der Waals surface area (Å²) in [5.74, 6) is 1.45. The van der Waals surface area contributed by atoms with E-state index in [9.17, 15) is 0 Å². The number of nitrogens with two attached hydrogens (primary N) is 1. The second-order valence-corrected chi connectivity index (χ2v) is 7.29. The highest BCUT2D eigenvalue weighted by Gasteiger charge is 2.22. The summed E-state index contributed by atoms with van der Waals surface area (Å²) in [5, 5.41) is 0. The summed E-state index contributed by atoms with van der Waals surface area (Å²) in [4.78, 5) is 9.58. The molecule has 0 amide bonds. The van der Waals surface area contributed by atoms with Gasteiger partial charge in [0.15, 0.2) is 5.96 Å². The molecule has 4 nitrogen and oxygen atoms in total. The van der Waals surface area contributed by atoms with Gasteiger partial charge in [-0.1, -0.05) is 43.2 Å². The van der Waals surface area contributed by atoms with Crippen LogP contribution >= 0.6 is 0 Å². The molecular formula is C20H32N4. The molecule has 2 saturated heterocycles. The van der Waals surface area contributed by atoms with Crippen molar-refractivity contribution < 1.29 is 0 Å². The van der Waals surface area contributed by atoms with Gasteiger partial charge in [0.1, 0.15) is 0 Å². The lowest BCUT2D eigenvalue weighted by Gasteiger charge is -2.21. The third-order valence-corrected chi connectivity index (χ3v) is 5.37. The zero-order valence-corrected chi connectivity index (χ0v) is 14.9. The molecular weight excluding hydrogens is 296 g/mol. The normalized spacial score (nSPS) is 23.4.